The molecule has 0 unspecified atom stereocenters. The first-order valence-electron chi connectivity index (χ1n) is 6.82. The van der Waals surface area contributed by atoms with Gasteiger partial charge in [-0.3, -0.25) is 4.79 Å². The van der Waals surface area contributed by atoms with Crippen LogP contribution in [-0.4, -0.2) is 18.1 Å². The van der Waals surface area contributed by atoms with Crippen LogP contribution in [0, 0.1) is 11.3 Å². The first kappa shape index (κ1) is 14.5. The molecule has 1 rings (SSSR count). The number of hydrogen-bond acceptors (Lipinski definition) is 3. The van der Waals surface area contributed by atoms with Crippen molar-refractivity contribution in [3.8, 4) is 0 Å². The third-order valence-electron chi connectivity index (χ3n) is 4.58. The average Bonchev–Trinajstić information content (AvgIpc) is 2.30. The predicted molar refractivity (Wildman–Crippen MR) is 69.6 cm³/mol. The van der Waals surface area contributed by atoms with E-state index in [0.717, 1.165) is 25.7 Å². The maximum Gasteiger partial charge on any atom is 0.326 e. The van der Waals surface area contributed by atoms with E-state index in [9.17, 15) is 4.79 Å². The molecule has 0 aromatic carbocycles. The summed E-state index contributed by atoms with van der Waals surface area (Å²) in [6.07, 6.45) is 4.78. The molecule has 1 aliphatic carbocycles. The van der Waals surface area contributed by atoms with Crippen molar-refractivity contribution in [1.29, 1.82) is 0 Å². The summed E-state index contributed by atoms with van der Waals surface area (Å²) in [4.78, 5) is 11.8. The van der Waals surface area contributed by atoms with Gasteiger partial charge >= 0.3 is 5.97 Å². The molecule has 1 fully saturated rings. The molecule has 17 heavy (non-hydrogen) atoms. The van der Waals surface area contributed by atoms with Crippen LogP contribution in [0.25, 0.3) is 0 Å². The number of carbonyl (C=O) groups is 1. The first-order chi connectivity index (χ1) is 7.85. The van der Waals surface area contributed by atoms with E-state index in [4.69, 9.17) is 10.5 Å². The molecule has 3 nitrogen and oxygen atoms in total. The van der Waals surface area contributed by atoms with E-state index < -0.39 is 5.54 Å². The Hall–Kier alpha value is -0.570. The molecule has 0 spiro atoms. The minimum atomic E-state index is -0.726. The van der Waals surface area contributed by atoms with E-state index in [2.05, 4.69) is 20.8 Å². The molecule has 0 radical (unpaired) electrons. The average molecular weight is 241 g/mol. The molecule has 0 bridgehead atoms. The van der Waals surface area contributed by atoms with Gasteiger partial charge in [0.2, 0.25) is 0 Å². The smallest absolute Gasteiger partial charge is 0.326 e. The third kappa shape index (κ3) is 3.21. The van der Waals surface area contributed by atoms with Crippen molar-refractivity contribution in [1.82, 2.24) is 0 Å². The van der Waals surface area contributed by atoms with Crippen LogP contribution in [0.5, 0.6) is 0 Å². The Labute approximate surface area is 105 Å². The molecule has 1 saturated carbocycles. The highest BCUT2D eigenvalue weighted by Gasteiger charge is 2.42. The number of hydrogen-bond donors (Lipinski definition) is 1. The van der Waals surface area contributed by atoms with E-state index in [1.165, 1.54) is 6.42 Å². The minimum absolute atomic E-state index is 0.215. The summed E-state index contributed by atoms with van der Waals surface area (Å²) < 4.78 is 5.07. The van der Waals surface area contributed by atoms with Crippen LogP contribution in [-0.2, 0) is 9.53 Å². The predicted octanol–water partition coefficient (Wildman–Crippen LogP) is 2.87. The second-order valence-electron chi connectivity index (χ2n) is 5.99. The van der Waals surface area contributed by atoms with Gasteiger partial charge in [-0.2, -0.15) is 0 Å². The number of ether oxygens (including phenoxy) is 1. The Morgan fingerprint density at radius 1 is 1.35 bits per heavy atom. The molecule has 0 aromatic heterocycles. The second-order valence-corrected chi connectivity index (χ2v) is 5.99. The van der Waals surface area contributed by atoms with E-state index >= 15 is 0 Å². The van der Waals surface area contributed by atoms with Crippen molar-refractivity contribution in [3.63, 3.8) is 0 Å². The normalized spacial score (nSPS) is 30.1. The zero-order chi connectivity index (χ0) is 13.1. The van der Waals surface area contributed by atoms with Crippen molar-refractivity contribution in [3.05, 3.63) is 0 Å². The molecule has 0 atom stereocenters. The summed E-state index contributed by atoms with van der Waals surface area (Å²) in [7, 11) is 0. The number of esters is 1. The van der Waals surface area contributed by atoms with Crippen molar-refractivity contribution < 1.29 is 9.53 Å². The summed E-state index contributed by atoms with van der Waals surface area (Å²) >= 11 is 0. The third-order valence-corrected chi connectivity index (χ3v) is 4.58. The number of rotatable bonds is 4. The molecule has 1 aliphatic rings. The lowest BCUT2D eigenvalue weighted by atomic mass is 9.66. The second kappa shape index (κ2) is 5.38. The summed E-state index contributed by atoms with van der Waals surface area (Å²) in [5, 5.41) is 0. The molecule has 0 aromatic rings. The fourth-order valence-electron chi connectivity index (χ4n) is 2.68. The van der Waals surface area contributed by atoms with Gasteiger partial charge in [-0.05, 0) is 43.9 Å². The lowest BCUT2D eigenvalue weighted by Gasteiger charge is -2.41. The van der Waals surface area contributed by atoms with Gasteiger partial charge in [-0.1, -0.05) is 27.2 Å². The van der Waals surface area contributed by atoms with Crippen molar-refractivity contribution >= 4 is 5.97 Å². The molecule has 0 aliphatic heterocycles. The Morgan fingerprint density at radius 2 is 1.88 bits per heavy atom. The zero-order valence-electron chi connectivity index (χ0n) is 11.7. The highest BCUT2D eigenvalue weighted by Crippen LogP contribution is 2.42. The van der Waals surface area contributed by atoms with Gasteiger partial charge in [0.15, 0.2) is 0 Å². The summed E-state index contributed by atoms with van der Waals surface area (Å²) in [6, 6.07) is 0. The molecular weight excluding hydrogens is 214 g/mol. The first-order valence-corrected chi connectivity index (χ1v) is 6.82. The van der Waals surface area contributed by atoms with Gasteiger partial charge in [0.25, 0.3) is 0 Å². The van der Waals surface area contributed by atoms with Crippen LogP contribution in [0.3, 0.4) is 0 Å². The summed E-state index contributed by atoms with van der Waals surface area (Å²) in [5.41, 5.74) is 5.79. The number of carbonyl (C=O) groups excluding carboxylic acids is 1. The van der Waals surface area contributed by atoms with Crippen LogP contribution < -0.4 is 5.73 Å². The van der Waals surface area contributed by atoms with Crippen LogP contribution in [0.15, 0.2) is 0 Å². The van der Waals surface area contributed by atoms with Crippen LogP contribution in [0.2, 0.25) is 0 Å². The fraction of sp³-hybridized carbons (Fsp3) is 0.929. The molecule has 3 heteroatoms. The van der Waals surface area contributed by atoms with Gasteiger partial charge < -0.3 is 10.5 Å². The standard InChI is InChI=1S/C14H27NO2/c1-5-13(3,4)11-7-9-14(15,10-8-11)12(16)17-6-2/h11H,5-10,15H2,1-4H3. The van der Waals surface area contributed by atoms with Crippen LogP contribution >= 0.6 is 0 Å². The van der Waals surface area contributed by atoms with E-state index in [0.29, 0.717) is 17.9 Å². The maximum absolute atomic E-state index is 11.8. The molecule has 100 valence electrons. The van der Waals surface area contributed by atoms with Gasteiger partial charge in [0, 0.05) is 0 Å². The molecule has 0 amide bonds. The maximum atomic E-state index is 11.8. The topological polar surface area (TPSA) is 52.3 Å². The molecular formula is C14H27NO2. The van der Waals surface area contributed by atoms with E-state index in [-0.39, 0.29) is 5.97 Å². The largest absolute Gasteiger partial charge is 0.465 e. The van der Waals surface area contributed by atoms with E-state index in [1.54, 1.807) is 0 Å². The Kier molecular flexibility index (Phi) is 4.59. The van der Waals surface area contributed by atoms with Gasteiger partial charge in [-0.25, -0.2) is 0 Å². The molecule has 0 saturated heterocycles. The van der Waals surface area contributed by atoms with Crippen molar-refractivity contribution in [2.75, 3.05) is 6.61 Å². The SMILES string of the molecule is CCOC(=O)C1(N)CCC(C(C)(C)CC)CC1. The fourth-order valence-corrected chi connectivity index (χ4v) is 2.68. The quantitative estimate of drug-likeness (QED) is 0.770. The van der Waals surface area contributed by atoms with Crippen LogP contribution in [0.4, 0.5) is 0 Å². The van der Waals surface area contributed by atoms with Gasteiger partial charge in [-0.15, -0.1) is 0 Å². The number of nitrogens with two attached hydrogens (primary N) is 1. The van der Waals surface area contributed by atoms with Crippen LogP contribution in [0.1, 0.15) is 59.8 Å². The lowest BCUT2D eigenvalue weighted by molar-refractivity contribution is -0.151. The monoisotopic (exact) mass is 241 g/mol. The highest BCUT2D eigenvalue weighted by molar-refractivity contribution is 5.80. The Morgan fingerprint density at radius 3 is 2.29 bits per heavy atom. The van der Waals surface area contributed by atoms with Crippen molar-refractivity contribution in [2.24, 2.45) is 17.1 Å². The Bertz CT molecular complexity index is 265. The Balaban J connectivity index is 2.58. The molecule has 2 N–H and O–H groups in total. The van der Waals surface area contributed by atoms with Gasteiger partial charge in [0.05, 0.1) is 6.61 Å². The summed E-state index contributed by atoms with van der Waals surface area (Å²) in [5.74, 6) is 0.464. The lowest BCUT2D eigenvalue weighted by Crippen LogP contribution is -2.52. The van der Waals surface area contributed by atoms with Crippen molar-refractivity contribution in [2.45, 2.75) is 65.3 Å². The summed E-state index contributed by atoms with van der Waals surface area (Å²) in [6.45, 7) is 9.10. The molecule has 0 heterocycles. The minimum Gasteiger partial charge on any atom is -0.465 e. The highest BCUT2D eigenvalue weighted by atomic mass is 16.5. The van der Waals surface area contributed by atoms with Gasteiger partial charge in [0.1, 0.15) is 5.54 Å². The zero-order valence-corrected chi connectivity index (χ0v) is 11.7. The van der Waals surface area contributed by atoms with E-state index in [1.807, 2.05) is 6.92 Å².